The van der Waals surface area contributed by atoms with Crippen LogP contribution in [0.3, 0.4) is 0 Å². The minimum atomic E-state index is 0.132. The van der Waals surface area contributed by atoms with Crippen LogP contribution in [0.1, 0.15) is 19.2 Å². The summed E-state index contributed by atoms with van der Waals surface area (Å²) in [4.78, 5) is 4.29. The van der Waals surface area contributed by atoms with Crippen molar-refractivity contribution >= 4 is 11.5 Å². The largest absolute Gasteiger partial charge is 0.466 e. The highest BCUT2D eigenvalue weighted by molar-refractivity contribution is 7.07. The maximum atomic E-state index is 5.55. The number of aryl methyl sites for hydroxylation is 1. The molecule has 0 saturated carbocycles. The predicted octanol–water partition coefficient (Wildman–Crippen LogP) is 0.858. The van der Waals surface area contributed by atoms with Crippen LogP contribution in [0.25, 0.3) is 0 Å². The molecule has 1 unspecified atom stereocenters. The lowest BCUT2D eigenvalue weighted by atomic mass is 10.3. The summed E-state index contributed by atoms with van der Waals surface area (Å²) < 4.78 is 15.3. The Balaban J connectivity index is 1.75. The Kier molecular flexibility index (Phi) is 4.50. The van der Waals surface area contributed by atoms with E-state index in [-0.39, 0.29) is 6.10 Å². The van der Waals surface area contributed by atoms with E-state index in [2.05, 4.69) is 21.6 Å². The van der Waals surface area contributed by atoms with Gasteiger partial charge in [-0.2, -0.15) is 9.36 Å². The molecule has 0 amide bonds. The number of morpholine rings is 1. The summed E-state index contributed by atoms with van der Waals surface area (Å²) in [6.45, 7) is 5.19. The van der Waals surface area contributed by atoms with Gasteiger partial charge >= 0.3 is 0 Å². The lowest BCUT2D eigenvalue weighted by molar-refractivity contribution is 0.000126. The lowest BCUT2D eigenvalue weighted by Gasteiger charge is -2.22. The molecule has 2 heterocycles. The van der Waals surface area contributed by atoms with Gasteiger partial charge < -0.3 is 14.8 Å². The van der Waals surface area contributed by atoms with Crippen molar-refractivity contribution in [2.24, 2.45) is 0 Å². The molecular weight excluding hydrogens is 226 g/mol. The molecule has 1 aliphatic heterocycles. The van der Waals surface area contributed by atoms with Gasteiger partial charge in [-0.05, 0) is 6.42 Å². The van der Waals surface area contributed by atoms with Crippen LogP contribution in [0.15, 0.2) is 0 Å². The fourth-order valence-corrected chi connectivity index (χ4v) is 2.10. The fourth-order valence-electron chi connectivity index (χ4n) is 1.51. The Morgan fingerprint density at radius 2 is 2.56 bits per heavy atom. The average molecular weight is 243 g/mol. The molecule has 0 radical (unpaired) electrons. The van der Waals surface area contributed by atoms with Crippen molar-refractivity contribution in [3.8, 4) is 5.19 Å². The van der Waals surface area contributed by atoms with Crippen molar-refractivity contribution in [2.45, 2.75) is 25.9 Å². The summed E-state index contributed by atoms with van der Waals surface area (Å²) >= 11 is 1.32. The van der Waals surface area contributed by atoms with E-state index in [1.165, 1.54) is 11.5 Å². The molecule has 1 atom stereocenters. The van der Waals surface area contributed by atoms with E-state index >= 15 is 0 Å². The minimum Gasteiger partial charge on any atom is -0.466 e. The maximum Gasteiger partial charge on any atom is 0.293 e. The average Bonchev–Trinajstić information content (AvgIpc) is 2.76. The zero-order valence-electron chi connectivity index (χ0n) is 9.44. The molecule has 6 heteroatoms. The Morgan fingerprint density at radius 3 is 3.31 bits per heavy atom. The van der Waals surface area contributed by atoms with Crippen LogP contribution in [-0.2, 0) is 11.2 Å². The van der Waals surface area contributed by atoms with E-state index in [9.17, 15) is 0 Å². The molecule has 0 aromatic carbocycles. The number of hydrogen-bond donors (Lipinski definition) is 1. The molecule has 0 bridgehead atoms. The lowest BCUT2D eigenvalue weighted by Crippen LogP contribution is -2.41. The van der Waals surface area contributed by atoms with Gasteiger partial charge in [0.1, 0.15) is 18.5 Å². The molecule has 1 aromatic rings. The topological polar surface area (TPSA) is 56.3 Å². The quantitative estimate of drug-likeness (QED) is 0.831. The summed E-state index contributed by atoms with van der Waals surface area (Å²) in [5.74, 6) is 0.880. The summed E-state index contributed by atoms with van der Waals surface area (Å²) in [7, 11) is 0. The van der Waals surface area contributed by atoms with E-state index in [4.69, 9.17) is 9.47 Å². The van der Waals surface area contributed by atoms with Crippen molar-refractivity contribution in [1.82, 2.24) is 14.7 Å². The minimum absolute atomic E-state index is 0.132. The summed E-state index contributed by atoms with van der Waals surface area (Å²) in [5, 5.41) is 3.91. The van der Waals surface area contributed by atoms with Crippen LogP contribution < -0.4 is 10.1 Å². The second-order valence-electron chi connectivity index (χ2n) is 3.73. The third-order valence-electron chi connectivity index (χ3n) is 2.32. The predicted molar refractivity (Wildman–Crippen MR) is 62.0 cm³/mol. The van der Waals surface area contributed by atoms with Gasteiger partial charge in [0.2, 0.25) is 0 Å². The monoisotopic (exact) mass is 243 g/mol. The molecule has 0 aliphatic carbocycles. The van der Waals surface area contributed by atoms with Crippen LogP contribution in [-0.4, -0.2) is 41.8 Å². The van der Waals surface area contributed by atoms with Gasteiger partial charge in [0, 0.05) is 31.0 Å². The standard InChI is InChI=1S/C10H17N3O2S/c1-2-3-9-12-10(16-13-9)15-7-8-6-11-4-5-14-8/h8,11H,2-7H2,1H3. The highest BCUT2D eigenvalue weighted by atomic mass is 32.1. The highest BCUT2D eigenvalue weighted by Gasteiger charge is 2.15. The normalized spacial score (nSPS) is 20.9. The van der Waals surface area contributed by atoms with Gasteiger partial charge in [-0.15, -0.1) is 0 Å². The summed E-state index contributed by atoms with van der Waals surface area (Å²) in [6.07, 6.45) is 2.11. The SMILES string of the molecule is CCCc1nsc(OCC2CNCCO2)n1. The second-order valence-corrected chi connectivity index (χ2v) is 4.45. The molecule has 1 saturated heterocycles. The van der Waals surface area contributed by atoms with E-state index < -0.39 is 0 Å². The van der Waals surface area contributed by atoms with Crippen LogP contribution in [0.5, 0.6) is 5.19 Å². The summed E-state index contributed by atoms with van der Waals surface area (Å²) in [6, 6.07) is 0. The molecule has 2 rings (SSSR count). The first kappa shape index (κ1) is 11.8. The Bertz CT molecular complexity index is 313. The van der Waals surface area contributed by atoms with Crippen LogP contribution in [0.4, 0.5) is 0 Å². The zero-order valence-corrected chi connectivity index (χ0v) is 10.3. The van der Waals surface area contributed by atoms with Gasteiger partial charge in [0.05, 0.1) is 6.61 Å². The smallest absolute Gasteiger partial charge is 0.293 e. The van der Waals surface area contributed by atoms with Crippen LogP contribution in [0.2, 0.25) is 0 Å². The molecule has 90 valence electrons. The van der Waals surface area contributed by atoms with Gasteiger partial charge in [-0.1, -0.05) is 6.92 Å². The number of aromatic nitrogens is 2. The van der Waals surface area contributed by atoms with Crippen molar-refractivity contribution in [3.05, 3.63) is 5.82 Å². The van der Waals surface area contributed by atoms with E-state index in [1.54, 1.807) is 0 Å². The first-order valence-electron chi connectivity index (χ1n) is 5.66. The molecule has 0 spiro atoms. The molecule has 5 nitrogen and oxygen atoms in total. The van der Waals surface area contributed by atoms with Crippen molar-refractivity contribution in [3.63, 3.8) is 0 Å². The maximum absolute atomic E-state index is 5.55. The van der Waals surface area contributed by atoms with Crippen LogP contribution in [0, 0.1) is 0 Å². The third kappa shape index (κ3) is 3.40. The molecular formula is C10H17N3O2S. The van der Waals surface area contributed by atoms with E-state index in [1.807, 2.05) is 0 Å². The Morgan fingerprint density at radius 1 is 1.62 bits per heavy atom. The Labute approximate surface area is 99.3 Å². The van der Waals surface area contributed by atoms with Gasteiger partial charge in [0.25, 0.3) is 5.19 Å². The number of hydrogen-bond acceptors (Lipinski definition) is 6. The number of rotatable bonds is 5. The third-order valence-corrected chi connectivity index (χ3v) is 2.99. The molecule has 1 fully saturated rings. The molecule has 1 N–H and O–H groups in total. The summed E-state index contributed by atoms with van der Waals surface area (Å²) in [5.41, 5.74) is 0. The fraction of sp³-hybridized carbons (Fsp3) is 0.800. The first-order chi connectivity index (χ1) is 7.88. The zero-order chi connectivity index (χ0) is 11.2. The van der Waals surface area contributed by atoms with Gasteiger partial charge in [-0.3, -0.25) is 0 Å². The molecule has 1 aromatic heterocycles. The molecule has 16 heavy (non-hydrogen) atoms. The van der Waals surface area contributed by atoms with E-state index in [0.29, 0.717) is 11.8 Å². The van der Waals surface area contributed by atoms with Crippen molar-refractivity contribution < 1.29 is 9.47 Å². The Hall–Kier alpha value is -0.720. The van der Waals surface area contributed by atoms with Crippen molar-refractivity contribution in [2.75, 3.05) is 26.3 Å². The van der Waals surface area contributed by atoms with E-state index in [0.717, 1.165) is 38.4 Å². The first-order valence-corrected chi connectivity index (χ1v) is 6.43. The number of ether oxygens (including phenoxy) is 2. The number of nitrogens with zero attached hydrogens (tertiary/aromatic N) is 2. The number of nitrogens with one attached hydrogen (secondary N) is 1. The van der Waals surface area contributed by atoms with Crippen molar-refractivity contribution in [1.29, 1.82) is 0 Å². The molecule has 1 aliphatic rings. The van der Waals surface area contributed by atoms with Crippen LogP contribution >= 0.6 is 11.5 Å². The van der Waals surface area contributed by atoms with Gasteiger partial charge in [0.15, 0.2) is 0 Å². The second kappa shape index (κ2) is 6.12. The highest BCUT2D eigenvalue weighted by Crippen LogP contribution is 2.15. The van der Waals surface area contributed by atoms with Gasteiger partial charge in [-0.25, -0.2) is 0 Å².